The topological polar surface area (TPSA) is 60.9 Å². The second kappa shape index (κ2) is 5.91. The van der Waals surface area contributed by atoms with Crippen LogP contribution in [-0.4, -0.2) is 48.4 Å². The van der Waals surface area contributed by atoms with Gasteiger partial charge in [0.1, 0.15) is 5.75 Å². The largest absolute Gasteiger partial charge is 0.507 e. The first kappa shape index (κ1) is 15.3. The van der Waals surface area contributed by atoms with Crippen molar-refractivity contribution in [2.75, 3.05) is 25.0 Å². The van der Waals surface area contributed by atoms with Crippen LogP contribution in [0.1, 0.15) is 23.7 Å². The van der Waals surface area contributed by atoms with Gasteiger partial charge in [-0.1, -0.05) is 12.1 Å². The van der Waals surface area contributed by atoms with E-state index in [-0.39, 0.29) is 17.7 Å². The van der Waals surface area contributed by atoms with Crippen LogP contribution in [0, 0.1) is 0 Å². The van der Waals surface area contributed by atoms with E-state index in [9.17, 15) is 14.7 Å². The molecule has 1 aliphatic heterocycles. The van der Waals surface area contributed by atoms with Crippen LogP contribution in [0.5, 0.6) is 5.75 Å². The molecule has 1 atom stereocenters. The zero-order valence-corrected chi connectivity index (χ0v) is 13.3. The quantitative estimate of drug-likeness (QED) is 0.884. The summed E-state index contributed by atoms with van der Waals surface area (Å²) in [6, 6.07) is 9.45. The van der Waals surface area contributed by atoms with E-state index < -0.39 is 0 Å². The van der Waals surface area contributed by atoms with Crippen molar-refractivity contribution in [3.8, 4) is 5.75 Å². The third-order valence-electron chi connectivity index (χ3n) is 4.71. The first-order valence-electron chi connectivity index (χ1n) is 7.70. The number of aromatic hydroxyl groups is 1. The Morgan fingerprint density at radius 2 is 2.13 bits per heavy atom. The third kappa shape index (κ3) is 2.74. The van der Waals surface area contributed by atoms with E-state index in [0.29, 0.717) is 11.8 Å². The second-order valence-corrected chi connectivity index (χ2v) is 6.04. The number of amides is 1. The van der Waals surface area contributed by atoms with Gasteiger partial charge in [-0.15, -0.1) is 0 Å². The molecule has 1 saturated heterocycles. The summed E-state index contributed by atoms with van der Waals surface area (Å²) in [5.74, 6) is 0.0889. The molecule has 1 N–H and O–H groups in total. The minimum absolute atomic E-state index is 0.00423. The summed E-state index contributed by atoms with van der Waals surface area (Å²) in [6.07, 6.45) is 1.63. The van der Waals surface area contributed by atoms with E-state index in [2.05, 4.69) is 4.90 Å². The lowest BCUT2D eigenvalue weighted by atomic mass is 10.0. The Morgan fingerprint density at radius 3 is 2.83 bits per heavy atom. The minimum atomic E-state index is 0.00423. The molecule has 0 aliphatic carbocycles. The van der Waals surface area contributed by atoms with Gasteiger partial charge in [0, 0.05) is 32.7 Å². The van der Waals surface area contributed by atoms with Crippen molar-refractivity contribution in [1.82, 2.24) is 4.90 Å². The van der Waals surface area contributed by atoms with Crippen LogP contribution in [0.15, 0.2) is 30.3 Å². The fourth-order valence-corrected chi connectivity index (χ4v) is 3.20. The molecule has 120 valence electrons. The molecule has 1 unspecified atom stereocenters. The van der Waals surface area contributed by atoms with Crippen molar-refractivity contribution in [1.29, 1.82) is 0 Å². The van der Waals surface area contributed by atoms with Crippen LogP contribution >= 0.6 is 0 Å². The van der Waals surface area contributed by atoms with Gasteiger partial charge in [0.2, 0.25) is 5.91 Å². The number of phenolic OH excluding ortho intramolecular Hbond substituents is 1. The highest BCUT2D eigenvalue weighted by molar-refractivity contribution is 6.01. The average molecular weight is 312 g/mol. The summed E-state index contributed by atoms with van der Waals surface area (Å²) < 4.78 is 0. The van der Waals surface area contributed by atoms with Crippen molar-refractivity contribution in [2.45, 2.75) is 19.4 Å². The number of benzene rings is 2. The summed E-state index contributed by atoms with van der Waals surface area (Å²) in [6.45, 7) is 3.29. The monoisotopic (exact) mass is 312 g/mol. The van der Waals surface area contributed by atoms with Crippen molar-refractivity contribution in [3.05, 3.63) is 35.9 Å². The van der Waals surface area contributed by atoms with Crippen LogP contribution in [0.3, 0.4) is 0 Å². The predicted molar refractivity (Wildman–Crippen MR) is 90.1 cm³/mol. The van der Waals surface area contributed by atoms with Gasteiger partial charge < -0.3 is 14.9 Å². The lowest BCUT2D eigenvalue weighted by Crippen LogP contribution is -2.37. The Kier molecular flexibility index (Phi) is 3.94. The summed E-state index contributed by atoms with van der Waals surface area (Å²) in [7, 11) is 1.84. The zero-order chi connectivity index (χ0) is 16.6. The maximum Gasteiger partial charge on any atom is 0.219 e. The first-order valence-corrected chi connectivity index (χ1v) is 7.70. The summed E-state index contributed by atoms with van der Waals surface area (Å²) in [5.41, 5.74) is 1.39. The highest BCUT2D eigenvalue weighted by Crippen LogP contribution is 2.30. The van der Waals surface area contributed by atoms with Gasteiger partial charge >= 0.3 is 0 Å². The fraction of sp³-hybridized carbons (Fsp3) is 0.333. The first-order chi connectivity index (χ1) is 11.0. The molecule has 0 radical (unpaired) electrons. The summed E-state index contributed by atoms with van der Waals surface area (Å²) in [5, 5.41) is 11.4. The van der Waals surface area contributed by atoms with Crippen LogP contribution in [0.2, 0.25) is 0 Å². The number of phenols is 1. The highest BCUT2D eigenvalue weighted by Gasteiger charge is 2.27. The molecule has 23 heavy (non-hydrogen) atoms. The molecule has 0 spiro atoms. The predicted octanol–water partition coefficient (Wildman–Crippen LogP) is 2.41. The maximum absolute atomic E-state index is 11.5. The Labute approximate surface area is 135 Å². The molecule has 0 bridgehead atoms. The van der Waals surface area contributed by atoms with E-state index in [0.717, 1.165) is 36.0 Å². The second-order valence-electron chi connectivity index (χ2n) is 6.04. The standard InChI is InChI=1S/C18H20N2O3/c1-12(22)19(2)15-7-8-20(10-15)14-4-5-16-13(9-14)3-6-18(23)17(16)11-21/h3-6,9,11,15,23H,7-8,10H2,1-2H3. The number of nitrogens with zero attached hydrogens (tertiary/aromatic N) is 2. The molecule has 0 aromatic heterocycles. The van der Waals surface area contributed by atoms with Gasteiger partial charge in [0.25, 0.3) is 0 Å². The molecular weight excluding hydrogens is 292 g/mol. The third-order valence-corrected chi connectivity index (χ3v) is 4.71. The fourth-order valence-electron chi connectivity index (χ4n) is 3.20. The molecule has 5 nitrogen and oxygen atoms in total. The Morgan fingerprint density at radius 1 is 1.35 bits per heavy atom. The van der Waals surface area contributed by atoms with Crippen LogP contribution in [-0.2, 0) is 4.79 Å². The number of anilines is 1. The van der Waals surface area contributed by atoms with Gasteiger partial charge in [0.15, 0.2) is 6.29 Å². The Hall–Kier alpha value is -2.56. The number of carbonyl (C=O) groups is 2. The number of hydrogen-bond donors (Lipinski definition) is 1. The summed E-state index contributed by atoms with van der Waals surface area (Å²) in [4.78, 5) is 26.7. The van der Waals surface area contributed by atoms with Crippen molar-refractivity contribution in [2.24, 2.45) is 0 Å². The zero-order valence-electron chi connectivity index (χ0n) is 13.3. The number of aldehydes is 1. The van der Waals surface area contributed by atoms with Gasteiger partial charge in [-0.3, -0.25) is 9.59 Å². The number of carbonyl (C=O) groups excluding carboxylic acids is 2. The molecule has 2 aromatic carbocycles. The van der Waals surface area contributed by atoms with E-state index in [1.165, 1.54) is 0 Å². The van der Waals surface area contributed by atoms with Gasteiger partial charge in [-0.05, 0) is 35.4 Å². The molecular formula is C18H20N2O3. The Bertz CT molecular complexity index is 772. The number of rotatable bonds is 3. The summed E-state index contributed by atoms with van der Waals surface area (Å²) >= 11 is 0. The molecule has 5 heteroatoms. The van der Waals surface area contributed by atoms with E-state index in [1.807, 2.05) is 31.3 Å². The molecule has 2 aromatic rings. The lowest BCUT2D eigenvalue weighted by Gasteiger charge is -2.24. The molecule has 0 saturated carbocycles. The average Bonchev–Trinajstić information content (AvgIpc) is 3.03. The molecule has 1 aliphatic rings. The smallest absolute Gasteiger partial charge is 0.219 e. The van der Waals surface area contributed by atoms with Crippen molar-refractivity contribution in [3.63, 3.8) is 0 Å². The number of hydrogen-bond acceptors (Lipinski definition) is 4. The maximum atomic E-state index is 11.5. The number of likely N-dealkylation sites (N-methyl/N-ethyl adjacent to an activating group) is 1. The molecule has 1 heterocycles. The normalized spacial score (nSPS) is 17.5. The van der Waals surface area contributed by atoms with Crippen LogP contribution in [0.25, 0.3) is 10.8 Å². The molecule has 1 amide bonds. The van der Waals surface area contributed by atoms with Gasteiger partial charge in [0.05, 0.1) is 11.6 Å². The van der Waals surface area contributed by atoms with Gasteiger partial charge in [-0.2, -0.15) is 0 Å². The number of fused-ring (bicyclic) bond motifs is 1. The highest BCUT2D eigenvalue weighted by atomic mass is 16.3. The van der Waals surface area contributed by atoms with Gasteiger partial charge in [-0.25, -0.2) is 0 Å². The molecule has 3 rings (SSSR count). The van der Waals surface area contributed by atoms with E-state index in [4.69, 9.17) is 0 Å². The van der Waals surface area contributed by atoms with Crippen LogP contribution in [0.4, 0.5) is 5.69 Å². The lowest BCUT2D eigenvalue weighted by molar-refractivity contribution is -0.129. The van der Waals surface area contributed by atoms with Crippen molar-refractivity contribution >= 4 is 28.7 Å². The Balaban J connectivity index is 1.89. The minimum Gasteiger partial charge on any atom is -0.507 e. The van der Waals surface area contributed by atoms with Crippen molar-refractivity contribution < 1.29 is 14.7 Å². The van der Waals surface area contributed by atoms with E-state index >= 15 is 0 Å². The SMILES string of the molecule is CC(=O)N(C)C1CCN(c2ccc3c(C=O)c(O)ccc3c2)C1. The van der Waals surface area contributed by atoms with E-state index in [1.54, 1.807) is 17.9 Å². The molecule has 1 fully saturated rings. The van der Waals surface area contributed by atoms with Crippen LogP contribution < -0.4 is 4.90 Å².